The molecule has 6 nitrogen and oxygen atoms in total. The lowest BCUT2D eigenvalue weighted by molar-refractivity contribution is -0.115. The molecule has 1 aliphatic carbocycles. The van der Waals surface area contributed by atoms with Gasteiger partial charge in [-0.25, -0.2) is 14.4 Å². The summed E-state index contributed by atoms with van der Waals surface area (Å²) < 4.78 is 13.1. The van der Waals surface area contributed by atoms with Crippen LogP contribution in [-0.4, -0.2) is 48.0 Å². The van der Waals surface area contributed by atoms with Gasteiger partial charge < -0.3 is 15.5 Å². The molecule has 1 unspecified atom stereocenters. The number of carbonyl (C=O) groups excluding carboxylic acids is 1. The molecule has 3 aromatic carbocycles. The van der Waals surface area contributed by atoms with Crippen molar-refractivity contribution in [1.29, 1.82) is 0 Å². The van der Waals surface area contributed by atoms with Crippen molar-refractivity contribution in [1.82, 2.24) is 14.9 Å². The van der Waals surface area contributed by atoms with Crippen LogP contribution in [-0.2, 0) is 17.6 Å². The van der Waals surface area contributed by atoms with Crippen LogP contribution < -0.4 is 10.6 Å². The van der Waals surface area contributed by atoms with Crippen LogP contribution in [0.5, 0.6) is 0 Å². The van der Waals surface area contributed by atoms with E-state index in [0.717, 1.165) is 60.4 Å². The van der Waals surface area contributed by atoms with Crippen LogP contribution in [0.2, 0.25) is 0 Å². The van der Waals surface area contributed by atoms with Crippen molar-refractivity contribution < 1.29 is 9.18 Å². The average molecular weight is 524 g/mol. The SMILES string of the molecule is CN(C)CCCCNc1ncc2c(n1)-c1ccccc1C(c1ccc(NC(=O)Cc3ccc(F)cc3)cc1)C2. The van der Waals surface area contributed by atoms with E-state index < -0.39 is 0 Å². The summed E-state index contributed by atoms with van der Waals surface area (Å²) in [5.41, 5.74) is 7.19. The van der Waals surface area contributed by atoms with Crippen molar-refractivity contribution in [2.45, 2.75) is 31.6 Å². The van der Waals surface area contributed by atoms with E-state index >= 15 is 0 Å². The molecule has 0 bridgehead atoms. The van der Waals surface area contributed by atoms with Gasteiger partial charge in [0.05, 0.1) is 12.1 Å². The summed E-state index contributed by atoms with van der Waals surface area (Å²) in [7, 11) is 4.18. The standard InChI is InChI=1S/C32H34FN5O/c1-38(2)18-6-5-17-34-32-35-21-24-20-29(27-7-3-4-8-28(27)31(24)37-32)23-11-15-26(16-12-23)36-30(39)19-22-9-13-25(33)14-10-22/h3-4,7-16,21,29H,5-6,17-20H2,1-2H3,(H,36,39)(H,34,35,37). The van der Waals surface area contributed by atoms with Crippen LogP contribution in [0.3, 0.4) is 0 Å². The number of rotatable bonds is 10. The molecule has 1 heterocycles. The highest BCUT2D eigenvalue weighted by Gasteiger charge is 2.27. The Bertz CT molecular complexity index is 1420. The molecule has 0 spiro atoms. The van der Waals surface area contributed by atoms with E-state index in [-0.39, 0.29) is 24.1 Å². The number of hydrogen-bond acceptors (Lipinski definition) is 5. The Morgan fingerprint density at radius 3 is 2.54 bits per heavy atom. The van der Waals surface area contributed by atoms with Gasteiger partial charge in [-0.05, 0) is 86.4 Å². The van der Waals surface area contributed by atoms with E-state index in [1.807, 2.05) is 18.3 Å². The average Bonchev–Trinajstić information content (AvgIpc) is 2.94. The van der Waals surface area contributed by atoms with Gasteiger partial charge in [-0.3, -0.25) is 4.79 Å². The van der Waals surface area contributed by atoms with Crippen molar-refractivity contribution in [3.8, 4) is 11.3 Å². The summed E-state index contributed by atoms with van der Waals surface area (Å²) in [5, 5.41) is 6.33. The van der Waals surface area contributed by atoms with Crippen LogP contribution in [0.4, 0.5) is 16.0 Å². The molecule has 200 valence electrons. The molecule has 0 radical (unpaired) electrons. The van der Waals surface area contributed by atoms with Gasteiger partial charge >= 0.3 is 0 Å². The third-order valence-corrected chi connectivity index (χ3v) is 7.07. The molecule has 2 N–H and O–H groups in total. The Balaban J connectivity index is 1.27. The molecule has 1 atom stereocenters. The zero-order chi connectivity index (χ0) is 27.2. The fraction of sp³-hybridized carbons (Fsp3) is 0.281. The van der Waals surface area contributed by atoms with Crippen LogP contribution >= 0.6 is 0 Å². The summed E-state index contributed by atoms with van der Waals surface area (Å²) in [6.45, 7) is 1.93. The first-order valence-electron chi connectivity index (χ1n) is 13.4. The van der Waals surface area contributed by atoms with Gasteiger partial charge in [-0.15, -0.1) is 0 Å². The number of nitrogens with zero attached hydrogens (tertiary/aromatic N) is 3. The van der Waals surface area contributed by atoms with E-state index in [4.69, 9.17) is 4.98 Å². The molecule has 1 aromatic heterocycles. The van der Waals surface area contributed by atoms with Gasteiger partial charge in [0.1, 0.15) is 5.82 Å². The lowest BCUT2D eigenvalue weighted by atomic mass is 9.78. The summed E-state index contributed by atoms with van der Waals surface area (Å²) in [4.78, 5) is 24.2. The van der Waals surface area contributed by atoms with Gasteiger partial charge in [0.25, 0.3) is 0 Å². The maximum atomic E-state index is 13.1. The molecular formula is C32H34FN5O. The number of carbonyl (C=O) groups is 1. The molecule has 0 aliphatic heterocycles. The zero-order valence-corrected chi connectivity index (χ0v) is 22.5. The summed E-state index contributed by atoms with van der Waals surface area (Å²) >= 11 is 0. The number of halogens is 1. The molecule has 39 heavy (non-hydrogen) atoms. The lowest BCUT2D eigenvalue weighted by Gasteiger charge is -2.27. The second-order valence-corrected chi connectivity index (χ2v) is 10.3. The van der Waals surface area contributed by atoms with E-state index in [2.05, 4.69) is 71.0 Å². The first-order valence-corrected chi connectivity index (χ1v) is 13.4. The van der Waals surface area contributed by atoms with Crippen LogP contribution in [0.25, 0.3) is 11.3 Å². The predicted molar refractivity (Wildman–Crippen MR) is 154 cm³/mol. The molecule has 4 aromatic rings. The molecule has 1 aliphatic rings. The highest BCUT2D eigenvalue weighted by molar-refractivity contribution is 5.92. The Kier molecular flexibility index (Phi) is 8.27. The number of anilines is 2. The molecule has 1 amide bonds. The molecule has 0 saturated heterocycles. The molecule has 7 heteroatoms. The van der Waals surface area contributed by atoms with E-state index in [1.54, 1.807) is 12.1 Å². The molecule has 0 fully saturated rings. The molecule has 0 saturated carbocycles. The van der Waals surface area contributed by atoms with E-state index in [0.29, 0.717) is 5.95 Å². The first-order chi connectivity index (χ1) is 19.0. The normalized spacial score (nSPS) is 14.0. The highest BCUT2D eigenvalue weighted by Crippen LogP contribution is 2.42. The third-order valence-electron chi connectivity index (χ3n) is 7.07. The van der Waals surface area contributed by atoms with Crippen LogP contribution in [0.15, 0.2) is 79.0 Å². The number of hydrogen-bond donors (Lipinski definition) is 2. The second kappa shape index (κ2) is 12.2. The van der Waals surface area contributed by atoms with Crippen molar-refractivity contribution in [2.24, 2.45) is 0 Å². The Morgan fingerprint density at radius 2 is 1.77 bits per heavy atom. The topological polar surface area (TPSA) is 70.2 Å². The first kappa shape index (κ1) is 26.5. The largest absolute Gasteiger partial charge is 0.354 e. The van der Waals surface area contributed by atoms with Gasteiger partial charge in [0, 0.05) is 29.9 Å². The van der Waals surface area contributed by atoms with Crippen molar-refractivity contribution in [2.75, 3.05) is 37.8 Å². The quantitative estimate of drug-likeness (QED) is 0.253. The van der Waals surface area contributed by atoms with E-state index in [1.165, 1.54) is 23.3 Å². The fourth-order valence-corrected chi connectivity index (χ4v) is 5.06. The number of fused-ring (bicyclic) bond motifs is 3. The maximum Gasteiger partial charge on any atom is 0.228 e. The predicted octanol–water partition coefficient (Wildman–Crippen LogP) is 5.91. The van der Waals surface area contributed by atoms with Crippen molar-refractivity contribution in [3.05, 3.63) is 107 Å². The second-order valence-electron chi connectivity index (χ2n) is 10.3. The summed E-state index contributed by atoms with van der Waals surface area (Å²) in [5.74, 6) is 0.403. The third kappa shape index (κ3) is 6.67. The van der Waals surface area contributed by atoms with Gasteiger partial charge in [-0.1, -0.05) is 48.5 Å². The smallest absolute Gasteiger partial charge is 0.228 e. The summed E-state index contributed by atoms with van der Waals surface area (Å²) in [6, 6.07) is 22.5. The monoisotopic (exact) mass is 523 g/mol. The van der Waals surface area contributed by atoms with Crippen LogP contribution in [0.1, 0.15) is 41.0 Å². The number of nitrogens with one attached hydrogen (secondary N) is 2. The van der Waals surface area contributed by atoms with Crippen molar-refractivity contribution >= 4 is 17.5 Å². The van der Waals surface area contributed by atoms with Crippen molar-refractivity contribution in [3.63, 3.8) is 0 Å². The minimum Gasteiger partial charge on any atom is -0.354 e. The van der Waals surface area contributed by atoms with E-state index in [9.17, 15) is 9.18 Å². The molecule has 5 rings (SSSR count). The summed E-state index contributed by atoms with van der Waals surface area (Å²) in [6.07, 6.45) is 5.16. The Labute approximate surface area is 229 Å². The highest BCUT2D eigenvalue weighted by atomic mass is 19.1. The van der Waals surface area contributed by atoms with Gasteiger partial charge in [-0.2, -0.15) is 0 Å². The lowest BCUT2D eigenvalue weighted by Crippen LogP contribution is -2.17. The Morgan fingerprint density at radius 1 is 1.00 bits per heavy atom. The Hall–Kier alpha value is -4.10. The van der Waals surface area contributed by atoms with Gasteiger partial charge in [0.15, 0.2) is 0 Å². The number of aromatic nitrogens is 2. The van der Waals surface area contributed by atoms with Gasteiger partial charge in [0.2, 0.25) is 11.9 Å². The maximum absolute atomic E-state index is 13.1. The number of amides is 1. The van der Waals surface area contributed by atoms with Crippen LogP contribution in [0, 0.1) is 5.82 Å². The zero-order valence-electron chi connectivity index (χ0n) is 22.5. The minimum atomic E-state index is -0.309. The minimum absolute atomic E-state index is 0.134. The number of unbranched alkanes of at least 4 members (excludes halogenated alkanes) is 1. The molecular weight excluding hydrogens is 489 g/mol. The fourth-order valence-electron chi connectivity index (χ4n) is 5.06. The number of benzene rings is 3.